The van der Waals surface area contributed by atoms with Gasteiger partial charge in [0.05, 0.1) is 18.8 Å². The van der Waals surface area contributed by atoms with Gasteiger partial charge in [0.25, 0.3) is 11.8 Å². The molecule has 1 saturated heterocycles. The summed E-state index contributed by atoms with van der Waals surface area (Å²) in [6.07, 6.45) is 0. The standard InChI is InChI=1S/C24H24N2O3S/c1-16-7-6-10-19(15-16)22(27)25-23-20(24(28)26-11-13-29-14-12-26)17(2)21(30-23)18-8-4-3-5-9-18/h3-10,15H,11-14H2,1-2H3,(H,25,27). The van der Waals surface area contributed by atoms with E-state index in [0.717, 1.165) is 21.6 Å². The number of carbonyl (C=O) groups excluding carboxylic acids is 2. The van der Waals surface area contributed by atoms with Crippen molar-refractivity contribution in [2.24, 2.45) is 0 Å². The lowest BCUT2D eigenvalue weighted by molar-refractivity contribution is 0.0303. The van der Waals surface area contributed by atoms with E-state index in [2.05, 4.69) is 5.32 Å². The number of hydrogen-bond donors (Lipinski definition) is 1. The number of morpholine rings is 1. The van der Waals surface area contributed by atoms with Crippen LogP contribution in [0.2, 0.25) is 0 Å². The van der Waals surface area contributed by atoms with Gasteiger partial charge < -0.3 is 15.0 Å². The van der Waals surface area contributed by atoms with E-state index < -0.39 is 0 Å². The molecule has 3 aromatic rings. The Labute approximate surface area is 180 Å². The van der Waals surface area contributed by atoms with Gasteiger partial charge in [-0.05, 0) is 37.1 Å². The number of thiophene rings is 1. The summed E-state index contributed by atoms with van der Waals surface area (Å²) < 4.78 is 5.39. The van der Waals surface area contributed by atoms with Crippen LogP contribution in [0.4, 0.5) is 5.00 Å². The van der Waals surface area contributed by atoms with Crippen LogP contribution < -0.4 is 5.32 Å². The van der Waals surface area contributed by atoms with Gasteiger partial charge in [0.15, 0.2) is 0 Å². The van der Waals surface area contributed by atoms with E-state index >= 15 is 0 Å². The maximum Gasteiger partial charge on any atom is 0.257 e. The van der Waals surface area contributed by atoms with E-state index in [-0.39, 0.29) is 11.8 Å². The van der Waals surface area contributed by atoms with Crippen LogP contribution in [0.3, 0.4) is 0 Å². The Morgan fingerprint density at radius 3 is 2.43 bits per heavy atom. The molecule has 1 aromatic heterocycles. The third-order valence-electron chi connectivity index (χ3n) is 5.20. The summed E-state index contributed by atoms with van der Waals surface area (Å²) in [6, 6.07) is 17.4. The first-order chi connectivity index (χ1) is 14.5. The van der Waals surface area contributed by atoms with Gasteiger partial charge in [0.1, 0.15) is 5.00 Å². The van der Waals surface area contributed by atoms with Crippen molar-refractivity contribution in [3.8, 4) is 10.4 Å². The van der Waals surface area contributed by atoms with E-state index in [1.54, 1.807) is 11.0 Å². The summed E-state index contributed by atoms with van der Waals surface area (Å²) in [5, 5.41) is 3.60. The van der Waals surface area contributed by atoms with Crippen molar-refractivity contribution in [3.05, 3.63) is 76.9 Å². The minimum Gasteiger partial charge on any atom is -0.378 e. The Morgan fingerprint density at radius 1 is 1.00 bits per heavy atom. The molecule has 1 N–H and O–H groups in total. The fourth-order valence-corrected chi connectivity index (χ4v) is 4.81. The largest absolute Gasteiger partial charge is 0.378 e. The number of ether oxygens (including phenoxy) is 1. The SMILES string of the molecule is Cc1cccc(C(=O)Nc2sc(-c3ccccc3)c(C)c2C(=O)N2CCOCC2)c1. The number of hydrogen-bond acceptors (Lipinski definition) is 4. The molecule has 2 heterocycles. The summed E-state index contributed by atoms with van der Waals surface area (Å²) in [5.41, 5.74) is 4.09. The molecule has 2 amide bonds. The molecule has 30 heavy (non-hydrogen) atoms. The van der Waals surface area contributed by atoms with Crippen LogP contribution in [0.25, 0.3) is 10.4 Å². The van der Waals surface area contributed by atoms with Crippen molar-refractivity contribution in [1.29, 1.82) is 0 Å². The summed E-state index contributed by atoms with van der Waals surface area (Å²) in [4.78, 5) is 29.1. The van der Waals surface area contributed by atoms with Crippen molar-refractivity contribution < 1.29 is 14.3 Å². The fraction of sp³-hybridized carbons (Fsp3) is 0.250. The zero-order valence-electron chi connectivity index (χ0n) is 17.1. The number of aryl methyl sites for hydroxylation is 1. The molecule has 0 unspecified atom stereocenters. The first-order valence-corrected chi connectivity index (χ1v) is 10.8. The summed E-state index contributed by atoms with van der Waals surface area (Å²) in [5.74, 6) is -0.274. The van der Waals surface area contributed by atoms with E-state index in [9.17, 15) is 9.59 Å². The average molecular weight is 421 g/mol. The van der Waals surface area contributed by atoms with Gasteiger partial charge in [-0.1, -0.05) is 48.0 Å². The second-order valence-electron chi connectivity index (χ2n) is 7.35. The third-order valence-corrected chi connectivity index (χ3v) is 6.46. The predicted octanol–water partition coefficient (Wildman–Crippen LogP) is 4.76. The van der Waals surface area contributed by atoms with Gasteiger partial charge in [0.2, 0.25) is 0 Å². The molecule has 1 aliphatic rings. The molecule has 1 fully saturated rings. The smallest absolute Gasteiger partial charge is 0.257 e. The van der Waals surface area contributed by atoms with Gasteiger partial charge >= 0.3 is 0 Å². The van der Waals surface area contributed by atoms with Crippen LogP contribution in [-0.2, 0) is 4.74 Å². The molecule has 154 valence electrons. The van der Waals surface area contributed by atoms with Crippen LogP contribution in [0.1, 0.15) is 31.8 Å². The van der Waals surface area contributed by atoms with E-state index in [1.807, 2.05) is 62.4 Å². The predicted molar refractivity (Wildman–Crippen MR) is 120 cm³/mol. The molecule has 0 radical (unpaired) electrons. The first kappa shape index (κ1) is 20.3. The number of nitrogens with one attached hydrogen (secondary N) is 1. The van der Waals surface area contributed by atoms with Crippen molar-refractivity contribution in [2.45, 2.75) is 13.8 Å². The minimum absolute atomic E-state index is 0.0613. The van der Waals surface area contributed by atoms with Crippen molar-refractivity contribution >= 4 is 28.2 Å². The highest BCUT2D eigenvalue weighted by atomic mass is 32.1. The normalized spacial score (nSPS) is 13.9. The maximum atomic E-state index is 13.4. The number of carbonyl (C=O) groups is 2. The quantitative estimate of drug-likeness (QED) is 0.662. The molecule has 6 heteroatoms. The Bertz CT molecular complexity index is 1070. The number of benzene rings is 2. The molecular weight excluding hydrogens is 396 g/mol. The van der Waals surface area contributed by atoms with Gasteiger partial charge in [0, 0.05) is 23.5 Å². The minimum atomic E-state index is -0.212. The zero-order valence-corrected chi connectivity index (χ0v) is 17.9. The second kappa shape index (κ2) is 8.81. The monoisotopic (exact) mass is 420 g/mol. The lowest BCUT2D eigenvalue weighted by Gasteiger charge is -2.27. The van der Waals surface area contributed by atoms with Crippen LogP contribution in [0.5, 0.6) is 0 Å². The number of nitrogens with zero attached hydrogens (tertiary/aromatic N) is 1. The average Bonchev–Trinajstić information content (AvgIpc) is 3.10. The molecule has 0 aliphatic carbocycles. The van der Waals surface area contributed by atoms with Crippen LogP contribution in [0, 0.1) is 13.8 Å². The van der Waals surface area contributed by atoms with Gasteiger partial charge in [-0.15, -0.1) is 11.3 Å². The number of rotatable bonds is 4. The Balaban J connectivity index is 1.73. The highest BCUT2D eigenvalue weighted by Gasteiger charge is 2.28. The van der Waals surface area contributed by atoms with Crippen LogP contribution in [0.15, 0.2) is 54.6 Å². The second-order valence-corrected chi connectivity index (χ2v) is 8.38. The van der Waals surface area contributed by atoms with Gasteiger partial charge in [-0.2, -0.15) is 0 Å². The van der Waals surface area contributed by atoms with Crippen molar-refractivity contribution in [3.63, 3.8) is 0 Å². The van der Waals surface area contributed by atoms with Crippen LogP contribution in [-0.4, -0.2) is 43.0 Å². The number of anilines is 1. The molecule has 5 nitrogen and oxygen atoms in total. The van der Waals surface area contributed by atoms with Crippen molar-refractivity contribution in [2.75, 3.05) is 31.6 Å². The summed E-state index contributed by atoms with van der Waals surface area (Å²) in [7, 11) is 0. The molecule has 0 bridgehead atoms. The number of amides is 2. The van der Waals surface area contributed by atoms with E-state index in [4.69, 9.17) is 4.74 Å². The fourth-order valence-electron chi connectivity index (χ4n) is 3.61. The zero-order chi connectivity index (χ0) is 21.1. The highest BCUT2D eigenvalue weighted by molar-refractivity contribution is 7.20. The molecule has 4 rings (SSSR count). The summed E-state index contributed by atoms with van der Waals surface area (Å²) in [6.45, 7) is 6.08. The Kier molecular flexibility index (Phi) is 5.97. The molecule has 1 aliphatic heterocycles. The third kappa shape index (κ3) is 4.15. The molecule has 0 spiro atoms. The summed E-state index contributed by atoms with van der Waals surface area (Å²) >= 11 is 1.45. The van der Waals surface area contributed by atoms with E-state index in [1.165, 1.54) is 11.3 Å². The Hall–Kier alpha value is -2.96. The lowest BCUT2D eigenvalue weighted by Crippen LogP contribution is -2.41. The Morgan fingerprint density at radius 2 is 1.73 bits per heavy atom. The molecular formula is C24H24N2O3S. The molecule has 0 saturated carbocycles. The van der Waals surface area contributed by atoms with Gasteiger partial charge in [-0.3, -0.25) is 9.59 Å². The van der Waals surface area contributed by atoms with Crippen LogP contribution >= 0.6 is 11.3 Å². The topological polar surface area (TPSA) is 58.6 Å². The van der Waals surface area contributed by atoms with E-state index in [0.29, 0.717) is 42.4 Å². The van der Waals surface area contributed by atoms with Crippen molar-refractivity contribution in [1.82, 2.24) is 4.90 Å². The lowest BCUT2D eigenvalue weighted by atomic mass is 10.1. The first-order valence-electron chi connectivity index (χ1n) is 9.98. The highest BCUT2D eigenvalue weighted by Crippen LogP contribution is 2.40. The maximum absolute atomic E-state index is 13.4. The molecule has 2 aromatic carbocycles. The molecule has 0 atom stereocenters. The van der Waals surface area contributed by atoms with Gasteiger partial charge in [-0.25, -0.2) is 0 Å².